The predicted octanol–water partition coefficient (Wildman–Crippen LogP) is 3.71. The molecular formula is C14H19IN2O. The normalized spacial score (nSPS) is 10.8. The molecule has 98 valence electrons. The molecular weight excluding hydrogens is 339 g/mol. The van der Waals surface area contributed by atoms with Gasteiger partial charge in [-0.25, -0.2) is 5.43 Å². The average molecular weight is 358 g/mol. The van der Waals surface area contributed by atoms with Crippen LogP contribution >= 0.6 is 22.6 Å². The summed E-state index contributed by atoms with van der Waals surface area (Å²) in [6, 6.07) is 7.95. The second-order valence-electron chi connectivity index (χ2n) is 4.16. The largest absolute Gasteiger partial charge is 0.273 e. The zero-order valence-corrected chi connectivity index (χ0v) is 12.8. The van der Waals surface area contributed by atoms with Gasteiger partial charge in [-0.1, -0.05) is 38.3 Å². The third-order valence-corrected chi connectivity index (χ3v) is 3.18. The van der Waals surface area contributed by atoms with Crippen LogP contribution in [-0.4, -0.2) is 12.1 Å². The molecule has 0 aliphatic heterocycles. The number of benzene rings is 1. The molecule has 0 heterocycles. The van der Waals surface area contributed by atoms with Crippen molar-refractivity contribution in [1.82, 2.24) is 5.43 Å². The van der Waals surface area contributed by atoms with Crippen molar-refractivity contribution in [3.63, 3.8) is 0 Å². The van der Waals surface area contributed by atoms with Crippen LogP contribution in [0.2, 0.25) is 0 Å². The summed E-state index contributed by atoms with van der Waals surface area (Å²) in [5.41, 5.74) is 3.55. The van der Waals surface area contributed by atoms with Crippen molar-refractivity contribution in [2.45, 2.75) is 39.0 Å². The number of nitrogens with zero attached hydrogens (tertiary/aromatic N) is 1. The van der Waals surface area contributed by atoms with Gasteiger partial charge in [0, 0.05) is 9.99 Å². The molecule has 1 rings (SSSR count). The van der Waals surface area contributed by atoms with E-state index in [4.69, 9.17) is 0 Å². The molecule has 0 saturated heterocycles. The number of carbonyl (C=O) groups excluding carboxylic acids is 1. The number of halogens is 1. The Hall–Kier alpha value is -0.910. The lowest BCUT2D eigenvalue weighted by molar-refractivity contribution is -0.121. The van der Waals surface area contributed by atoms with Gasteiger partial charge in [-0.2, -0.15) is 5.10 Å². The van der Waals surface area contributed by atoms with Gasteiger partial charge in [-0.15, -0.1) is 0 Å². The Morgan fingerprint density at radius 1 is 1.39 bits per heavy atom. The Balaban J connectivity index is 2.25. The lowest BCUT2D eigenvalue weighted by Gasteiger charge is -1.99. The maximum Gasteiger partial charge on any atom is 0.240 e. The van der Waals surface area contributed by atoms with Crippen LogP contribution in [0.1, 0.15) is 44.6 Å². The second-order valence-corrected chi connectivity index (χ2v) is 5.40. The first-order valence-electron chi connectivity index (χ1n) is 6.30. The highest BCUT2D eigenvalue weighted by molar-refractivity contribution is 14.1. The second kappa shape index (κ2) is 9.08. The minimum atomic E-state index is -0.00650. The Bertz CT molecular complexity index is 405. The monoisotopic (exact) mass is 358 g/mol. The molecule has 0 bridgehead atoms. The van der Waals surface area contributed by atoms with Gasteiger partial charge in [0.1, 0.15) is 0 Å². The molecule has 0 aliphatic rings. The van der Waals surface area contributed by atoms with E-state index in [1.54, 1.807) is 6.21 Å². The quantitative estimate of drug-likeness (QED) is 0.343. The van der Waals surface area contributed by atoms with Gasteiger partial charge in [-0.3, -0.25) is 4.79 Å². The van der Waals surface area contributed by atoms with Crippen molar-refractivity contribution in [2.24, 2.45) is 5.10 Å². The van der Waals surface area contributed by atoms with E-state index >= 15 is 0 Å². The van der Waals surface area contributed by atoms with E-state index in [0.29, 0.717) is 6.42 Å². The van der Waals surface area contributed by atoms with Crippen LogP contribution < -0.4 is 5.43 Å². The van der Waals surface area contributed by atoms with Crippen molar-refractivity contribution in [2.75, 3.05) is 0 Å². The van der Waals surface area contributed by atoms with E-state index in [-0.39, 0.29) is 5.91 Å². The summed E-state index contributed by atoms with van der Waals surface area (Å²) in [4.78, 5) is 11.4. The molecule has 1 aromatic carbocycles. The Labute approximate surface area is 122 Å². The molecule has 1 N–H and O–H groups in total. The first-order valence-corrected chi connectivity index (χ1v) is 7.37. The van der Waals surface area contributed by atoms with Gasteiger partial charge >= 0.3 is 0 Å². The molecule has 18 heavy (non-hydrogen) atoms. The molecule has 3 nitrogen and oxygen atoms in total. The fraction of sp³-hybridized carbons (Fsp3) is 0.429. The van der Waals surface area contributed by atoms with Gasteiger partial charge in [0.05, 0.1) is 6.21 Å². The Morgan fingerprint density at radius 3 is 2.94 bits per heavy atom. The van der Waals surface area contributed by atoms with E-state index in [0.717, 1.165) is 22.0 Å². The van der Waals surface area contributed by atoms with Crippen molar-refractivity contribution in [3.05, 3.63) is 33.4 Å². The van der Waals surface area contributed by atoms with Crippen LogP contribution in [0.4, 0.5) is 0 Å². The highest BCUT2D eigenvalue weighted by Crippen LogP contribution is 2.05. The Morgan fingerprint density at radius 2 is 2.22 bits per heavy atom. The van der Waals surface area contributed by atoms with Crippen molar-refractivity contribution >= 4 is 34.7 Å². The highest BCUT2D eigenvalue weighted by atomic mass is 127. The lowest BCUT2D eigenvalue weighted by Crippen LogP contribution is -2.16. The standard InChI is InChI=1S/C14H19IN2O/c1-2-3-4-5-9-14(18)17-16-11-12-7-6-8-13(15)10-12/h6-8,10-11H,2-5,9H2,1H3,(H,17,18)/b16-11+. The summed E-state index contributed by atoms with van der Waals surface area (Å²) in [5.74, 6) is -0.00650. The molecule has 0 radical (unpaired) electrons. The fourth-order valence-electron chi connectivity index (χ4n) is 1.53. The zero-order chi connectivity index (χ0) is 13.2. The zero-order valence-electron chi connectivity index (χ0n) is 10.7. The van der Waals surface area contributed by atoms with Gasteiger partial charge in [-0.05, 0) is 46.7 Å². The number of hydrogen-bond donors (Lipinski definition) is 1. The van der Waals surface area contributed by atoms with E-state index < -0.39 is 0 Å². The van der Waals surface area contributed by atoms with Gasteiger partial charge in [0.2, 0.25) is 5.91 Å². The molecule has 1 amide bonds. The summed E-state index contributed by atoms with van der Waals surface area (Å²) in [7, 11) is 0. The average Bonchev–Trinajstić information content (AvgIpc) is 2.35. The first kappa shape index (κ1) is 15.1. The minimum absolute atomic E-state index is 0.00650. The smallest absolute Gasteiger partial charge is 0.240 e. The number of unbranched alkanes of at least 4 members (excludes halogenated alkanes) is 3. The van der Waals surface area contributed by atoms with Crippen LogP contribution in [0.5, 0.6) is 0 Å². The van der Waals surface area contributed by atoms with Gasteiger partial charge < -0.3 is 0 Å². The van der Waals surface area contributed by atoms with Crippen LogP contribution in [0.3, 0.4) is 0 Å². The van der Waals surface area contributed by atoms with E-state index in [2.05, 4.69) is 40.0 Å². The van der Waals surface area contributed by atoms with Crippen molar-refractivity contribution < 1.29 is 4.79 Å². The van der Waals surface area contributed by atoms with Crippen LogP contribution in [0.15, 0.2) is 29.4 Å². The summed E-state index contributed by atoms with van der Waals surface area (Å²) in [6.07, 6.45) is 6.67. The number of nitrogens with one attached hydrogen (secondary N) is 1. The van der Waals surface area contributed by atoms with E-state index in [1.807, 2.05) is 24.3 Å². The number of amides is 1. The van der Waals surface area contributed by atoms with Gasteiger partial charge in [0.15, 0.2) is 0 Å². The third kappa shape index (κ3) is 6.74. The third-order valence-electron chi connectivity index (χ3n) is 2.51. The molecule has 1 aromatic rings. The van der Waals surface area contributed by atoms with Crippen LogP contribution in [0.25, 0.3) is 0 Å². The molecule has 0 fully saturated rings. The highest BCUT2D eigenvalue weighted by Gasteiger charge is 1.98. The molecule has 0 spiro atoms. The number of hydrogen-bond acceptors (Lipinski definition) is 2. The van der Waals surface area contributed by atoms with E-state index in [9.17, 15) is 4.79 Å². The molecule has 4 heteroatoms. The molecule has 0 saturated carbocycles. The SMILES string of the molecule is CCCCCCC(=O)N/N=C/c1cccc(I)c1. The maximum absolute atomic E-state index is 11.4. The minimum Gasteiger partial charge on any atom is -0.273 e. The summed E-state index contributed by atoms with van der Waals surface area (Å²) >= 11 is 2.25. The van der Waals surface area contributed by atoms with Crippen LogP contribution in [0, 0.1) is 3.57 Å². The number of rotatable bonds is 7. The number of carbonyl (C=O) groups is 1. The van der Waals surface area contributed by atoms with Crippen molar-refractivity contribution in [3.8, 4) is 0 Å². The summed E-state index contributed by atoms with van der Waals surface area (Å²) in [6.45, 7) is 2.16. The molecule has 0 aromatic heterocycles. The predicted molar refractivity (Wildman–Crippen MR) is 83.7 cm³/mol. The topological polar surface area (TPSA) is 41.5 Å². The fourth-order valence-corrected chi connectivity index (χ4v) is 2.10. The summed E-state index contributed by atoms with van der Waals surface area (Å²) in [5, 5.41) is 3.95. The summed E-state index contributed by atoms with van der Waals surface area (Å²) < 4.78 is 1.16. The van der Waals surface area contributed by atoms with E-state index in [1.165, 1.54) is 12.8 Å². The van der Waals surface area contributed by atoms with Crippen molar-refractivity contribution in [1.29, 1.82) is 0 Å². The molecule has 0 unspecified atom stereocenters. The molecule has 0 atom stereocenters. The number of hydrazone groups is 1. The maximum atomic E-state index is 11.4. The molecule has 0 aliphatic carbocycles. The first-order chi connectivity index (χ1) is 8.72. The Kier molecular flexibility index (Phi) is 7.64. The lowest BCUT2D eigenvalue weighted by atomic mass is 10.1. The van der Waals surface area contributed by atoms with Gasteiger partial charge in [0.25, 0.3) is 0 Å². The van der Waals surface area contributed by atoms with Crippen LogP contribution in [-0.2, 0) is 4.79 Å².